The third-order valence-electron chi connectivity index (χ3n) is 4.12. The van der Waals surface area contributed by atoms with Crippen molar-refractivity contribution in [1.82, 2.24) is 25.1 Å². The molecule has 0 saturated heterocycles. The van der Waals surface area contributed by atoms with Gasteiger partial charge in [-0.05, 0) is 43.7 Å². The average Bonchev–Trinajstić information content (AvgIpc) is 3.13. The van der Waals surface area contributed by atoms with Gasteiger partial charge in [0.05, 0.1) is 34.9 Å². The summed E-state index contributed by atoms with van der Waals surface area (Å²) in [7, 11) is 1.65. The summed E-state index contributed by atoms with van der Waals surface area (Å²) in [6.45, 7) is 4.42. The summed E-state index contributed by atoms with van der Waals surface area (Å²) in [5.41, 5.74) is 3.52. The fraction of sp³-hybridized carbons (Fsp3) is 0.211. The number of nitrogens with zero attached hydrogens (tertiary/aromatic N) is 5. The van der Waals surface area contributed by atoms with Gasteiger partial charge in [-0.25, -0.2) is 15.0 Å². The van der Waals surface area contributed by atoms with Gasteiger partial charge in [0.25, 0.3) is 0 Å². The van der Waals surface area contributed by atoms with Gasteiger partial charge in [0, 0.05) is 11.6 Å². The number of ether oxygens (including phenoxy) is 1. The van der Waals surface area contributed by atoms with Crippen molar-refractivity contribution in [3.8, 4) is 16.2 Å². The lowest BCUT2D eigenvalue weighted by Crippen LogP contribution is -2.05. The van der Waals surface area contributed by atoms with E-state index in [9.17, 15) is 0 Å². The highest BCUT2D eigenvalue weighted by molar-refractivity contribution is 7.15. The zero-order chi connectivity index (χ0) is 18.8. The van der Waals surface area contributed by atoms with Gasteiger partial charge in [-0.3, -0.25) is 0 Å². The van der Waals surface area contributed by atoms with Crippen molar-refractivity contribution in [2.24, 2.45) is 0 Å². The number of rotatable bonds is 5. The lowest BCUT2D eigenvalue weighted by molar-refractivity contribution is 0.419. The standard InChI is InChI=1S/C19H18N6OS/c1-11-4-5-14(25-24-11)8-21-19-15-6-13(17-9-20-12(2)27-17)7-16(26-3)18(15)22-10-23-19/h4-7,9-10H,8H2,1-3H3,(H,21,22,23). The van der Waals surface area contributed by atoms with Gasteiger partial charge in [0.2, 0.25) is 0 Å². The van der Waals surface area contributed by atoms with Gasteiger partial charge in [-0.1, -0.05) is 0 Å². The number of benzene rings is 1. The van der Waals surface area contributed by atoms with Gasteiger partial charge in [-0.2, -0.15) is 10.2 Å². The average molecular weight is 378 g/mol. The summed E-state index contributed by atoms with van der Waals surface area (Å²) in [5, 5.41) is 13.5. The molecule has 0 fully saturated rings. The first-order valence-corrected chi connectivity index (χ1v) is 9.24. The van der Waals surface area contributed by atoms with Crippen molar-refractivity contribution in [3.05, 3.63) is 53.2 Å². The molecule has 27 heavy (non-hydrogen) atoms. The molecule has 1 N–H and O–H groups in total. The van der Waals surface area contributed by atoms with Crippen LogP contribution in [0.1, 0.15) is 16.4 Å². The van der Waals surface area contributed by atoms with E-state index in [1.54, 1.807) is 18.4 Å². The molecule has 0 radical (unpaired) electrons. The van der Waals surface area contributed by atoms with Gasteiger partial charge < -0.3 is 10.1 Å². The Morgan fingerprint density at radius 2 is 1.96 bits per heavy atom. The molecule has 3 heterocycles. The van der Waals surface area contributed by atoms with Crippen LogP contribution in [-0.2, 0) is 6.54 Å². The normalized spacial score (nSPS) is 10.9. The molecule has 1 aromatic carbocycles. The van der Waals surface area contributed by atoms with E-state index in [0.717, 1.165) is 43.6 Å². The molecule has 4 aromatic rings. The van der Waals surface area contributed by atoms with Gasteiger partial charge in [0.1, 0.15) is 23.4 Å². The minimum absolute atomic E-state index is 0.519. The molecule has 0 spiro atoms. The number of nitrogens with one attached hydrogen (secondary N) is 1. The van der Waals surface area contributed by atoms with E-state index in [-0.39, 0.29) is 0 Å². The molecule has 136 valence electrons. The van der Waals surface area contributed by atoms with Gasteiger partial charge >= 0.3 is 0 Å². The quantitative estimate of drug-likeness (QED) is 0.565. The van der Waals surface area contributed by atoms with Crippen LogP contribution in [0.25, 0.3) is 21.3 Å². The fourth-order valence-electron chi connectivity index (χ4n) is 2.76. The Hall–Kier alpha value is -3.13. The highest BCUT2D eigenvalue weighted by Crippen LogP contribution is 2.35. The molecule has 0 bridgehead atoms. The topological polar surface area (TPSA) is 85.7 Å². The van der Waals surface area contributed by atoms with Crippen LogP contribution >= 0.6 is 11.3 Å². The Kier molecular flexibility index (Phi) is 4.64. The first kappa shape index (κ1) is 17.3. The summed E-state index contributed by atoms with van der Waals surface area (Å²) < 4.78 is 5.57. The second-order valence-corrected chi connectivity index (χ2v) is 7.29. The molecule has 0 aliphatic rings. The summed E-state index contributed by atoms with van der Waals surface area (Å²) in [6.07, 6.45) is 3.41. The number of methoxy groups -OCH3 is 1. The van der Waals surface area contributed by atoms with Crippen molar-refractivity contribution < 1.29 is 4.74 Å². The van der Waals surface area contributed by atoms with Crippen LogP contribution in [0, 0.1) is 13.8 Å². The fourth-order valence-corrected chi connectivity index (χ4v) is 3.53. The number of hydrogen-bond donors (Lipinski definition) is 1. The van der Waals surface area contributed by atoms with E-state index in [1.165, 1.54) is 6.33 Å². The largest absolute Gasteiger partial charge is 0.494 e. The lowest BCUT2D eigenvalue weighted by Gasteiger charge is -2.12. The molecule has 0 aliphatic heterocycles. The minimum Gasteiger partial charge on any atom is -0.494 e. The predicted molar refractivity (Wildman–Crippen MR) is 106 cm³/mol. The Labute approximate surface area is 160 Å². The van der Waals surface area contributed by atoms with Crippen LogP contribution in [0.3, 0.4) is 0 Å². The second kappa shape index (κ2) is 7.24. The van der Waals surface area contributed by atoms with E-state index >= 15 is 0 Å². The van der Waals surface area contributed by atoms with Crippen LogP contribution < -0.4 is 10.1 Å². The molecule has 4 rings (SSSR count). The van der Waals surface area contributed by atoms with E-state index in [2.05, 4.69) is 36.5 Å². The third kappa shape index (κ3) is 3.56. The number of anilines is 1. The smallest absolute Gasteiger partial charge is 0.145 e. The number of aromatic nitrogens is 5. The Morgan fingerprint density at radius 3 is 2.67 bits per heavy atom. The lowest BCUT2D eigenvalue weighted by atomic mass is 10.1. The van der Waals surface area contributed by atoms with Crippen molar-refractivity contribution in [2.45, 2.75) is 20.4 Å². The zero-order valence-electron chi connectivity index (χ0n) is 15.2. The molecule has 7 nitrogen and oxygen atoms in total. The molecule has 8 heteroatoms. The van der Waals surface area contributed by atoms with Gasteiger partial charge in [-0.15, -0.1) is 11.3 Å². The number of fused-ring (bicyclic) bond motifs is 1. The maximum Gasteiger partial charge on any atom is 0.145 e. The second-order valence-electron chi connectivity index (χ2n) is 6.06. The number of hydrogen-bond acceptors (Lipinski definition) is 8. The maximum absolute atomic E-state index is 5.57. The van der Waals surface area contributed by atoms with Crippen LogP contribution in [0.5, 0.6) is 5.75 Å². The molecule has 0 unspecified atom stereocenters. The van der Waals surface area contributed by atoms with Crippen molar-refractivity contribution >= 4 is 28.1 Å². The molecule has 0 aliphatic carbocycles. The van der Waals surface area contributed by atoms with Crippen molar-refractivity contribution in [2.75, 3.05) is 12.4 Å². The monoisotopic (exact) mass is 378 g/mol. The molecule has 0 saturated carbocycles. The maximum atomic E-state index is 5.57. The Balaban J connectivity index is 1.74. The number of thiazole rings is 1. The minimum atomic E-state index is 0.519. The highest BCUT2D eigenvalue weighted by atomic mass is 32.1. The summed E-state index contributed by atoms with van der Waals surface area (Å²) in [4.78, 5) is 14.2. The summed E-state index contributed by atoms with van der Waals surface area (Å²) in [5.74, 6) is 1.43. The molecule has 0 amide bonds. The van der Waals surface area contributed by atoms with E-state index in [1.807, 2.05) is 38.2 Å². The summed E-state index contributed by atoms with van der Waals surface area (Å²) >= 11 is 1.64. The Bertz CT molecular complexity index is 1090. The molecular formula is C19H18N6OS. The SMILES string of the molecule is COc1cc(-c2cnc(C)s2)cc2c(NCc3ccc(C)nn3)ncnc12. The molecule has 3 aromatic heterocycles. The zero-order valence-corrected chi connectivity index (χ0v) is 16.0. The first-order valence-electron chi connectivity index (χ1n) is 8.42. The van der Waals surface area contributed by atoms with E-state index < -0.39 is 0 Å². The number of aryl methyl sites for hydroxylation is 2. The van der Waals surface area contributed by atoms with E-state index in [4.69, 9.17) is 4.74 Å². The molecule has 0 atom stereocenters. The highest BCUT2D eigenvalue weighted by Gasteiger charge is 2.13. The first-order chi connectivity index (χ1) is 13.1. The van der Waals surface area contributed by atoms with Crippen molar-refractivity contribution in [3.63, 3.8) is 0 Å². The molecular weight excluding hydrogens is 360 g/mol. The van der Waals surface area contributed by atoms with Crippen LogP contribution in [0.15, 0.2) is 36.8 Å². The van der Waals surface area contributed by atoms with Crippen LogP contribution in [-0.4, -0.2) is 32.3 Å². The van der Waals surface area contributed by atoms with Crippen molar-refractivity contribution in [1.29, 1.82) is 0 Å². The third-order valence-corrected chi connectivity index (χ3v) is 5.08. The predicted octanol–water partition coefficient (Wildman–Crippen LogP) is 3.78. The van der Waals surface area contributed by atoms with Gasteiger partial charge in [0.15, 0.2) is 0 Å². The van der Waals surface area contributed by atoms with E-state index in [0.29, 0.717) is 12.3 Å². The van der Waals surface area contributed by atoms with Crippen LogP contribution in [0.4, 0.5) is 5.82 Å². The summed E-state index contributed by atoms with van der Waals surface area (Å²) in [6, 6.07) is 7.94. The Morgan fingerprint density at radius 1 is 1.07 bits per heavy atom. The van der Waals surface area contributed by atoms with Crippen LogP contribution in [0.2, 0.25) is 0 Å².